The van der Waals surface area contributed by atoms with Gasteiger partial charge in [0, 0.05) is 30.6 Å². The maximum absolute atomic E-state index is 13.3. The number of ether oxygens (including phenoxy) is 1. The monoisotopic (exact) mass is 508 g/mol. The molecule has 35 heavy (non-hydrogen) atoms. The van der Waals surface area contributed by atoms with Gasteiger partial charge in [0.25, 0.3) is 5.91 Å². The third-order valence-corrected chi connectivity index (χ3v) is 6.04. The minimum Gasteiger partial charge on any atom is -0.383 e. The summed E-state index contributed by atoms with van der Waals surface area (Å²) < 4.78 is 57.8. The van der Waals surface area contributed by atoms with Crippen molar-refractivity contribution < 1.29 is 31.9 Å². The number of benzene rings is 2. The van der Waals surface area contributed by atoms with Gasteiger partial charge in [-0.25, -0.2) is 4.39 Å². The van der Waals surface area contributed by atoms with Crippen molar-refractivity contribution in [2.24, 2.45) is 0 Å². The maximum atomic E-state index is 13.3. The summed E-state index contributed by atoms with van der Waals surface area (Å²) in [5.41, 5.74) is -0.423. The number of nitrogens with zero attached hydrogens (tertiary/aromatic N) is 2. The van der Waals surface area contributed by atoms with Crippen LogP contribution in [0.3, 0.4) is 0 Å². The first kappa shape index (κ1) is 26.4. The molecule has 1 aromatic heterocycles. The average Bonchev–Trinajstić information content (AvgIpc) is 3.35. The highest BCUT2D eigenvalue weighted by Crippen LogP contribution is 2.29. The molecule has 0 unspecified atom stereocenters. The van der Waals surface area contributed by atoms with Crippen LogP contribution < -0.4 is 0 Å². The number of alkyl halides is 3. The highest BCUT2D eigenvalue weighted by Gasteiger charge is 2.31. The van der Waals surface area contributed by atoms with Crippen molar-refractivity contribution in [3.63, 3.8) is 0 Å². The van der Waals surface area contributed by atoms with Gasteiger partial charge < -0.3 is 14.5 Å². The smallest absolute Gasteiger partial charge is 0.383 e. The van der Waals surface area contributed by atoms with Crippen LogP contribution in [-0.2, 0) is 28.8 Å². The molecule has 2 aromatic carbocycles. The summed E-state index contributed by atoms with van der Waals surface area (Å²) in [6, 6.07) is 13.5. The lowest BCUT2D eigenvalue weighted by molar-refractivity contribution is -0.137. The molecule has 0 aliphatic heterocycles. The predicted octanol–water partition coefficient (Wildman–Crippen LogP) is 5.22. The van der Waals surface area contributed by atoms with Gasteiger partial charge in [-0.3, -0.25) is 9.59 Å². The molecule has 2 amide bonds. The Bertz CT molecular complexity index is 1120. The van der Waals surface area contributed by atoms with E-state index in [0.717, 1.165) is 23.1 Å². The number of amides is 2. The minimum atomic E-state index is -4.60. The van der Waals surface area contributed by atoms with Gasteiger partial charge in [-0.1, -0.05) is 24.3 Å². The summed E-state index contributed by atoms with van der Waals surface area (Å²) in [7, 11) is 1.42. The summed E-state index contributed by atoms with van der Waals surface area (Å²) in [6.45, 7) is 0.198. The second-order valence-corrected chi connectivity index (χ2v) is 8.79. The van der Waals surface area contributed by atoms with E-state index in [-0.39, 0.29) is 38.3 Å². The van der Waals surface area contributed by atoms with E-state index in [2.05, 4.69) is 0 Å². The van der Waals surface area contributed by atoms with E-state index < -0.39 is 29.4 Å². The van der Waals surface area contributed by atoms with Crippen LogP contribution >= 0.6 is 11.3 Å². The van der Waals surface area contributed by atoms with Crippen LogP contribution in [0.1, 0.15) is 26.4 Å². The molecule has 0 aliphatic rings. The van der Waals surface area contributed by atoms with Gasteiger partial charge in [0.05, 0.1) is 18.7 Å². The van der Waals surface area contributed by atoms with Gasteiger partial charge in [-0.05, 0) is 47.3 Å². The van der Waals surface area contributed by atoms with Gasteiger partial charge in [0.1, 0.15) is 12.4 Å². The maximum Gasteiger partial charge on any atom is 0.416 e. The van der Waals surface area contributed by atoms with E-state index in [9.17, 15) is 27.2 Å². The topological polar surface area (TPSA) is 49.9 Å². The summed E-state index contributed by atoms with van der Waals surface area (Å²) in [4.78, 5) is 30.0. The summed E-state index contributed by atoms with van der Waals surface area (Å²) in [5, 5.41) is 1.87. The first-order valence-electron chi connectivity index (χ1n) is 10.7. The van der Waals surface area contributed by atoms with Crippen LogP contribution in [0, 0.1) is 5.82 Å². The quantitative estimate of drug-likeness (QED) is 0.353. The molecule has 0 radical (unpaired) electrons. The fourth-order valence-corrected chi connectivity index (χ4v) is 4.08. The Morgan fingerprint density at radius 1 is 0.971 bits per heavy atom. The molecule has 0 aliphatic carbocycles. The Labute approximate surface area is 204 Å². The zero-order chi connectivity index (χ0) is 25.4. The third kappa shape index (κ3) is 7.63. The van der Waals surface area contributed by atoms with Crippen molar-refractivity contribution in [1.29, 1.82) is 0 Å². The van der Waals surface area contributed by atoms with Gasteiger partial charge in [0.15, 0.2) is 0 Å². The molecule has 10 heteroatoms. The zero-order valence-electron chi connectivity index (χ0n) is 18.9. The molecule has 186 valence electrons. The predicted molar refractivity (Wildman–Crippen MR) is 124 cm³/mol. The number of thiophene rings is 1. The number of carbonyl (C=O) groups is 2. The van der Waals surface area contributed by atoms with E-state index in [4.69, 9.17) is 4.74 Å². The second-order valence-electron chi connectivity index (χ2n) is 7.75. The lowest BCUT2D eigenvalue weighted by atomic mass is 10.1. The van der Waals surface area contributed by atoms with Crippen LogP contribution in [0.2, 0.25) is 0 Å². The number of carbonyl (C=O) groups excluding carboxylic acids is 2. The first-order chi connectivity index (χ1) is 16.7. The molecule has 3 aromatic rings. The molecule has 1 heterocycles. The number of rotatable bonds is 10. The molecule has 0 fully saturated rings. The molecule has 5 nitrogen and oxygen atoms in total. The lowest BCUT2D eigenvalue weighted by Gasteiger charge is -2.28. The summed E-state index contributed by atoms with van der Waals surface area (Å²) in [5.74, 6) is -1.51. The minimum absolute atomic E-state index is 0.0146. The molecule has 0 N–H and O–H groups in total. The van der Waals surface area contributed by atoms with Gasteiger partial charge in [0.2, 0.25) is 5.91 Å². The Balaban J connectivity index is 1.82. The largest absolute Gasteiger partial charge is 0.416 e. The molecule has 0 saturated carbocycles. The van der Waals surface area contributed by atoms with Crippen LogP contribution in [0.15, 0.2) is 66.0 Å². The van der Waals surface area contributed by atoms with Crippen LogP contribution in [0.25, 0.3) is 0 Å². The Morgan fingerprint density at radius 2 is 1.71 bits per heavy atom. The Hall–Kier alpha value is -3.24. The van der Waals surface area contributed by atoms with Crippen molar-refractivity contribution >= 4 is 23.2 Å². The number of hydrogen-bond donors (Lipinski definition) is 0. The standard InChI is InChI=1S/C25H24F4N2O3S/c1-34-12-11-30(24(33)19-4-2-5-20(14-19)25(27,28)29)17-23(32)31(16-22-6-3-13-35-22)15-18-7-9-21(26)10-8-18/h2-10,13-14H,11-12,15-17H2,1H3. The SMILES string of the molecule is COCCN(CC(=O)N(Cc1ccc(F)cc1)Cc1cccs1)C(=O)c1cccc(C(F)(F)F)c1. The number of hydrogen-bond acceptors (Lipinski definition) is 4. The van der Waals surface area contributed by atoms with Crippen molar-refractivity contribution in [3.05, 3.63) is 93.4 Å². The van der Waals surface area contributed by atoms with Gasteiger partial charge in [-0.15, -0.1) is 11.3 Å². The van der Waals surface area contributed by atoms with E-state index in [0.29, 0.717) is 5.56 Å². The molecule has 0 spiro atoms. The van der Waals surface area contributed by atoms with Crippen LogP contribution in [0.5, 0.6) is 0 Å². The Morgan fingerprint density at radius 3 is 2.34 bits per heavy atom. The normalized spacial score (nSPS) is 11.3. The second kappa shape index (κ2) is 11.9. The van der Waals surface area contributed by atoms with E-state index in [1.54, 1.807) is 12.1 Å². The zero-order valence-corrected chi connectivity index (χ0v) is 19.7. The number of methoxy groups -OCH3 is 1. The fourth-order valence-electron chi connectivity index (χ4n) is 3.36. The summed E-state index contributed by atoms with van der Waals surface area (Å²) in [6.07, 6.45) is -4.60. The van der Waals surface area contributed by atoms with Crippen molar-refractivity contribution in [2.45, 2.75) is 19.3 Å². The molecular formula is C25H24F4N2O3S. The van der Waals surface area contributed by atoms with Gasteiger partial charge in [-0.2, -0.15) is 13.2 Å². The molecular weight excluding hydrogens is 484 g/mol. The van der Waals surface area contributed by atoms with E-state index >= 15 is 0 Å². The highest BCUT2D eigenvalue weighted by atomic mass is 32.1. The Kier molecular flexibility index (Phi) is 9.00. The van der Waals surface area contributed by atoms with Crippen molar-refractivity contribution in [1.82, 2.24) is 9.80 Å². The molecule has 0 atom stereocenters. The van der Waals surface area contributed by atoms with E-state index in [1.165, 1.54) is 46.4 Å². The number of halogens is 4. The lowest BCUT2D eigenvalue weighted by Crippen LogP contribution is -2.43. The van der Waals surface area contributed by atoms with Crippen LogP contribution in [0.4, 0.5) is 17.6 Å². The highest BCUT2D eigenvalue weighted by molar-refractivity contribution is 7.09. The molecule has 0 saturated heterocycles. The molecule has 0 bridgehead atoms. The van der Waals surface area contributed by atoms with Crippen LogP contribution in [-0.4, -0.2) is 48.4 Å². The third-order valence-electron chi connectivity index (χ3n) is 5.18. The van der Waals surface area contributed by atoms with E-state index in [1.807, 2.05) is 17.5 Å². The van der Waals surface area contributed by atoms with Gasteiger partial charge >= 0.3 is 6.18 Å². The van der Waals surface area contributed by atoms with Crippen molar-refractivity contribution in [2.75, 3.05) is 26.8 Å². The van der Waals surface area contributed by atoms with Crippen molar-refractivity contribution in [3.8, 4) is 0 Å². The summed E-state index contributed by atoms with van der Waals surface area (Å²) >= 11 is 1.46. The molecule has 3 rings (SSSR count). The first-order valence-corrected chi connectivity index (χ1v) is 11.6. The fraction of sp³-hybridized carbons (Fsp3) is 0.280. The average molecular weight is 509 g/mol.